The molecule has 0 aliphatic heterocycles. The highest BCUT2D eigenvalue weighted by molar-refractivity contribution is 7.12. The van der Waals surface area contributed by atoms with E-state index in [4.69, 9.17) is 0 Å². The highest BCUT2D eigenvalue weighted by Crippen LogP contribution is 2.26. The second-order valence-electron chi connectivity index (χ2n) is 5.79. The lowest BCUT2D eigenvalue weighted by atomic mass is 10.1. The van der Waals surface area contributed by atoms with E-state index >= 15 is 0 Å². The number of nitriles is 1. The molecule has 1 heterocycles. The number of rotatable bonds is 4. The van der Waals surface area contributed by atoms with Crippen LogP contribution in [0.2, 0.25) is 0 Å². The van der Waals surface area contributed by atoms with Crippen LogP contribution >= 0.6 is 11.3 Å². The molecule has 0 radical (unpaired) electrons. The molecule has 4 aromatic rings. The summed E-state index contributed by atoms with van der Waals surface area (Å²) in [6, 6.07) is 22.1. The maximum Gasteiger partial charge on any atom is 0.196 e. The van der Waals surface area contributed by atoms with Gasteiger partial charge in [0.15, 0.2) is 10.7 Å². The first-order valence-electron chi connectivity index (χ1n) is 8.17. The number of hydrazone groups is 1. The van der Waals surface area contributed by atoms with Gasteiger partial charge in [-0.3, -0.25) is 5.43 Å². The van der Waals surface area contributed by atoms with E-state index in [1.165, 1.54) is 28.9 Å². The molecule has 0 aliphatic carbocycles. The number of aromatic nitrogens is 1. The molecule has 1 aromatic heterocycles. The standard InChI is InChI=1S/C21H13FN4S/c22-17-7-9-18(10-8-17)25-26-19(12-23)21-24-20(13-27-21)16-6-5-14-3-1-2-4-15(14)11-16/h1-11,13,25H/b26-19-. The van der Waals surface area contributed by atoms with Crippen LogP contribution in [-0.2, 0) is 0 Å². The summed E-state index contributed by atoms with van der Waals surface area (Å²) in [5, 5.41) is 18.2. The zero-order chi connectivity index (χ0) is 18.6. The molecule has 0 fully saturated rings. The Bertz CT molecular complexity index is 1170. The lowest BCUT2D eigenvalue weighted by Crippen LogP contribution is -2.01. The molecule has 0 spiro atoms. The van der Waals surface area contributed by atoms with Gasteiger partial charge in [-0.15, -0.1) is 11.3 Å². The average molecular weight is 372 g/mol. The fourth-order valence-electron chi connectivity index (χ4n) is 2.63. The van der Waals surface area contributed by atoms with Crippen molar-refractivity contribution in [2.45, 2.75) is 0 Å². The number of benzene rings is 3. The minimum atomic E-state index is -0.329. The Hall–Kier alpha value is -3.56. The predicted molar refractivity (Wildman–Crippen MR) is 107 cm³/mol. The molecule has 0 saturated carbocycles. The minimum absolute atomic E-state index is 0.177. The molecule has 6 heteroatoms. The lowest BCUT2D eigenvalue weighted by Gasteiger charge is -2.01. The van der Waals surface area contributed by atoms with Crippen molar-refractivity contribution in [3.63, 3.8) is 0 Å². The molecular weight excluding hydrogens is 359 g/mol. The maximum absolute atomic E-state index is 13.0. The first-order chi connectivity index (χ1) is 13.2. The van der Waals surface area contributed by atoms with Crippen LogP contribution in [0.4, 0.5) is 10.1 Å². The lowest BCUT2D eigenvalue weighted by molar-refractivity contribution is 0.628. The van der Waals surface area contributed by atoms with Crippen LogP contribution in [0.15, 0.2) is 77.2 Å². The van der Waals surface area contributed by atoms with E-state index in [2.05, 4.69) is 45.8 Å². The summed E-state index contributed by atoms with van der Waals surface area (Å²) in [6.45, 7) is 0. The summed E-state index contributed by atoms with van der Waals surface area (Å²) in [5.74, 6) is -0.329. The number of fused-ring (bicyclic) bond motifs is 1. The molecule has 0 bridgehead atoms. The molecule has 0 aliphatic rings. The number of nitrogens with zero attached hydrogens (tertiary/aromatic N) is 3. The second-order valence-corrected chi connectivity index (χ2v) is 6.65. The number of hydrogen-bond donors (Lipinski definition) is 1. The van der Waals surface area contributed by atoms with Crippen LogP contribution in [0.5, 0.6) is 0 Å². The van der Waals surface area contributed by atoms with Gasteiger partial charge in [-0.1, -0.05) is 36.4 Å². The van der Waals surface area contributed by atoms with Crippen molar-refractivity contribution in [1.82, 2.24) is 4.98 Å². The van der Waals surface area contributed by atoms with Crippen molar-refractivity contribution < 1.29 is 4.39 Å². The Morgan fingerprint density at radius 3 is 2.59 bits per heavy atom. The molecule has 0 atom stereocenters. The summed E-state index contributed by atoms with van der Waals surface area (Å²) in [6.07, 6.45) is 0. The summed E-state index contributed by atoms with van der Waals surface area (Å²) in [4.78, 5) is 4.55. The summed E-state index contributed by atoms with van der Waals surface area (Å²) in [5.41, 5.74) is 5.31. The normalized spacial score (nSPS) is 11.3. The minimum Gasteiger partial charge on any atom is -0.277 e. The van der Waals surface area contributed by atoms with Crippen molar-refractivity contribution in [1.29, 1.82) is 5.26 Å². The first-order valence-corrected chi connectivity index (χ1v) is 9.05. The topological polar surface area (TPSA) is 61.1 Å². The fraction of sp³-hybridized carbons (Fsp3) is 0. The maximum atomic E-state index is 13.0. The number of anilines is 1. The van der Waals surface area contributed by atoms with E-state index in [0.29, 0.717) is 10.7 Å². The van der Waals surface area contributed by atoms with Crippen molar-refractivity contribution in [3.05, 3.63) is 82.9 Å². The fourth-order valence-corrected chi connectivity index (χ4v) is 3.40. The smallest absolute Gasteiger partial charge is 0.196 e. The van der Waals surface area contributed by atoms with E-state index in [1.54, 1.807) is 12.1 Å². The van der Waals surface area contributed by atoms with Crippen LogP contribution in [0.1, 0.15) is 5.01 Å². The Morgan fingerprint density at radius 1 is 1.04 bits per heavy atom. The van der Waals surface area contributed by atoms with Crippen LogP contribution in [0.3, 0.4) is 0 Å². The Labute approximate surface area is 159 Å². The number of hydrogen-bond acceptors (Lipinski definition) is 5. The molecule has 130 valence electrons. The van der Waals surface area contributed by atoms with Gasteiger partial charge in [0.1, 0.15) is 11.9 Å². The third-order valence-corrected chi connectivity index (χ3v) is 4.85. The van der Waals surface area contributed by atoms with Gasteiger partial charge in [-0.25, -0.2) is 9.37 Å². The molecule has 3 aromatic carbocycles. The van der Waals surface area contributed by atoms with Crippen LogP contribution in [-0.4, -0.2) is 10.7 Å². The Balaban J connectivity index is 1.60. The molecule has 4 rings (SSSR count). The van der Waals surface area contributed by atoms with E-state index < -0.39 is 0 Å². The van der Waals surface area contributed by atoms with Crippen molar-refractivity contribution in [2.24, 2.45) is 5.10 Å². The zero-order valence-corrected chi connectivity index (χ0v) is 14.9. The van der Waals surface area contributed by atoms with Gasteiger partial charge >= 0.3 is 0 Å². The van der Waals surface area contributed by atoms with Gasteiger partial charge in [-0.05, 0) is 41.1 Å². The number of nitrogens with one attached hydrogen (secondary N) is 1. The summed E-state index contributed by atoms with van der Waals surface area (Å²) >= 11 is 1.36. The molecule has 1 N–H and O–H groups in total. The van der Waals surface area contributed by atoms with Gasteiger partial charge in [0.2, 0.25) is 0 Å². The van der Waals surface area contributed by atoms with Gasteiger partial charge in [0, 0.05) is 10.9 Å². The van der Waals surface area contributed by atoms with Gasteiger partial charge in [0.05, 0.1) is 11.4 Å². The molecule has 4 nitrogen and oxygen atoms in total. The third-order valence-electron chi connectivity index (χ3n) is 4.00. The zero-order valence-electron chi connectivity index (χ0n) is 14.1. The average Bonchev–Trinajstić information content (AvgIpc) is 3.19. The van der Waals surface area contributed by atoms with Crippen LogP contribution in [0.25, 0.3) is 22.0 Å². The van der Waals surface area contributed by atoms with Crippen molar-refractivity contribution >= 4 is 33.5 Å². The van der Waals surface area contributed by atoms with Gasteiger partial charge in [-0.2, -0.15) is 10.4 Å². The molecule has 0 saturated heterocycles. The summed E-state index contributed by atoms with van der Waals surface area (Å²) < 4.78 is 13.0. The van der Waals surface area contributed by atoms with Crippen molar-refractivity contribution in [2.75, 3.05) is 5.43 Å². The molecule has 0 amide bonds. The Morgan fingerprint density at radius 2 is 1.81 bits per heavy atom. The SMILES string of the molecule is N#C/C(=N/Nc1ccc(F)cc1)c1nc(-c2ccc3ccccc3c2)cs1. The van der Waals surface area contributed by atoms with Crippen LogP contribution in [0, 0.1) is 17.1 Å². The van der Waals surface area contributed by atoms with Crippen LogP contribution < -0.4 is 5.43 Å². The predicted octanol–water partition coefficient (Wildman–Crippen LogP) is 5.44. The van der Waals surface area contributed by atoms with E-state index in [9.17, 15) is 9.65 Å². The van der Waals surface area contributed by atoms with E-state index in [0.717, 1.165) is 16.6 Å². The Kier molecular flexibility index (Phi) is 4.60. The largest absolute Gasteiger partial charge is 0.277 e. The second kappa shape index (κ2) is 7.36. The molecule has 27 heavy (non-hydrogen) atoms. The molecular formula is C21H13FN4S. The third kappa shape index (κ3) is 3.68. The number of halogens is 1. The highest BCUT2D eigenvalue weighted by atomic mass is 32.1. The van der Waals surface area contributed by atoms with E-state index in [1.807, 2.05) is 23.6 Å². The first kappa shape index (κ1) is 16.9. The highest BCUT2D eigenvalue weighted by Gasteiger charge is 2.11. The molecule has 0 unspecified atom stereocenters. The van der Waals surface area contributed by atoms with E-state index in [-0.39, 0.29) is 11.5 Å². The van der Waals surface area contributed by atoms with Gasteiger partial charge < -0.3 is 0 Å². The number of thiazole rings is 1. The van der Waals surface area contributed by atoms with Gasteiger partial charge in [0.25, 0.3) is 0 Å². The summed E-state index contributed by atoms with van der Waals surface area (Å²) in [7, 11) is 0. The quantitative estimate of drug-likeness (QED) is 0.383. The monoisotopic (exact) mass is 372 g/mol. The van der Waals surface area contributed by atoms with Crippen molar-refractivity contribution in [3.8, 4) is 17.3 Å².